The van der Waals surface area contributed by atoms with Crippen LogP contribution in [0.2, 0.25) is 5.02 Å². The average molecular weight is 308 g/mol. The molecule has 5 heteroatoms. The fraction of sp³-hybridized carbons (Fsp3) is 0.312. The second-order valence-corrected chi connectivity index (χ2v) is 5.45. The van der Waals surface area contributed by atoms with E-state index in [1.165, 1.54) is 6.07 Å². The molecule has 0 bridgehead atoms. The third-order valence-corrected chi connectivity index (χ3v) is 3.70. The predicted molar refractivity (Wildman–Crippen MR) is 83.9 cm³/mol. The summed E-state index contributed by atoms with van der Waals surface area (Å²) in [5.74, 6) is -0.438. The molecular formula is C16H18ClNO3. The van der Waals surface area contributed by atoms with Gasteiger partial charge in [0.15, 0.2) is 0 Å². The molecule has 3 N–H and O–H groups in total. The molecular weight excluding hydrogens is 290 g/mol. The Morgan fingerprint density at radius 2 is 2.00 bits per heavy atom. The summed E-state index contributed by atoms with van der Waals surface area (Å²) >= 11 is 6.17. The number of amides is 1. The fourth-order valence-electron chi connectivity index (χ4n) is 2.26. The Hall–Kier alpha value is -1.78. The maximum absolute atomic E-state index is 12.2. The lowest BCUT2D eigenvalue weighted by Gasteiger charge is -2.15. The molecule has 112 valence electrons. The van der Waals surface area contributed by atoms with Crippen molar-refractivity contribution in [3.8, 4) is 5.75 Å². The number of benzene rings is 2. The predicted octanol–water partition coefficient (Wildman–Crippen LogP) is 3.09. The van der Waals surface area contributed by atoms with Crippen molar-refractivity contribution in [2.24, 2.45) is 0 Å². The second-order valence-electron chi connectivity index (χ2n) is 5.04. The number of phenols is 1. The Kier molecular flexibility index (Phi) is 5.04. The lowest BCUT2D eigenvalue weighted by Crippen LogP contribution is -2.32. The average Bonchev–Trinajstić information content (AvgIpc) is 2.48. The van der Waals surface area contributed by atoms with E-state index in [1.807, 2.05) is 13.0 Å². The summed E-state index contributed by atoms with van der Waals surface area (Å²) in [6, 6.07) is 8.52. The molecule has 1 unspecified atom stereocenters. The highest BCUT2D eigenvalue weighted by Gasteiger charge is 2.17. The maximum Gasteiger partial charge on any atom is 0.255 e. The van der Waals surface area contributed by atoms with E-state index in [9.17, 15) is 9.90 Å². The van der Waals surface area contributed by atoms with E-state index in [4.69, 9.17) is 16.7 Å². The number of carbonyl (C=O) groups excluding carboxylic acids is 1. The van der Waals surface area contributed by atoms with Crippen molar-refractivity contribution in [1.29, 1.82) is 0 Å². The van der Waals surface area contributed by atoms with Crippen LogP contribution in [0.1, 0.15) is 30.1 Å². The first-order valence-corrected chi connectivity index (χ1v) is 7.24. The van der Waals surface area contributed by atoms with E-state index < -0.39 is 0 Å². The van der Waals surface area contributed by atoms with Crippen LogP contribution in [0.25, 0.3) is 10.8 Å². The molecule has 0 fully saturated rings. The Morgan fingerprint density at radius 1 is 1.33 bits per heavy atom. The minimum Gasteiger partial charge on any atom is -0.506 e. The largest absolute Gasteiger partial charge is 0.506 e. The van der Waals surface area contributed by atoms with Gasteiger partial charge in [-0.3, -0.25) is 4.79 Å². The van der Waals surface area contributed by atoms with Gasteiger partial charge in [0.1, 0.15) is 5.75 Å². The molecule has 2 aromatic rings. The zero-order valence-corrected chi connectivity index (χ0v) is 12.5. The molecule has 1 atom stereocenters. The fourth-order valence-corrected chi connectivity index (χ4v) is 2.53. The van der Waals surface area contributed by atoms with Gasteiger partial charge in [0.2, 0.25) is 0 Å². The van der Waals surface area contributed by atoms with E-state index in [0.717, 1.165) is 0 Å². The number of rotatable bonds is 5. The van der Waals surface area contributed by atoms with Gasteiger partial charge in [-0.1, -0.05) is 35.9 Å². The van der Waals surface area contributed by atoms with E-state index in [2.05, 4.69) is 5.32 Å². The van der Waals surface area contributed by atoms with Crippen LogP contribution < -0.4 is 5.32 Å². The molecule has 4 nitrogen and oxygen atoms in total. The maximum atomic E-state index is 12.2. The van der Waals surface area contributed by atoms with Crippen molar-refractivity contribution in [2.45, 2.75) is 25.8 Å². The number of aliphatic hydroxyl groups is 1. The van der Waals surface area contributed by atoms with Crippen LogP contribution >= 0.6 is 11.6 Å². The molecule has 0 spiro atoms. The molecule has 0 radical (unpaired) electrons. The number of hydrogen-bond donors (Lipinski definition) is 3. The van der Waals surface area contributed by atoms with Crippen LogP contribution in [0.4, 0.5) is 0 Å². The number of nitrogens with one attached hydrogen (secondary N) is 1. The summed E-state index contributed by atoms with van der Waals surface area (Å²) in [5, 5.41) is 23.6. The SMILES string of the molecule is CC(CCCO)NC(=O)c1cc(Cl)c2ccccc2c1O. The number of hydrogen-bond acceptors (Lipinski definition) is 3. The Bertz CT molecular complexity index is 657. The summed E-state index contributed by atoms with van der Waals surface area (Å²) in [6.45, 7) is 1.94. The van der Waals surface area contributed by atoms with Crippen molar-refractivity contribution in [3.05, 3.63) is 40.9 Å². The highest BCUT2D eigenvalue weighted by atomic mass is 35.5. The summed E-state index contributed by atoms with van der Waals surface area (Å²) in [5.41, 5.74) is 0.162. The van der Waals surface area contributed by atoms with Crippen LogP contribution in [0, 0.1) is 0 Å². The molecule has 2 rings (SSSR count). The van der Waals surface area contributed by atoms with Crippen molar-refractivity contribution in [2.75, 3.05) is 6.61 Å². The number of fused-ring (bicyclic) bond motifs is 1. The van der Waals surface area contributed by atoms with Gasteiger partial charge in [-0.05, 0) is 25.8 Å². The quantitative estimate of drug-likeness (QED) is 0.795. The van der Waals surface area contributed by atoms with Crippen LogP contribution in [0.3, 0.4) is 0 Å². The first kappa shape index (κ1) is 15.6. The first-order chi connectivity index (χ1) is 10.0. The minimum atomic E-state index is -0.370. The summed E-state index contributed by atoms with van der Waals surface area (Å²) in [6.07, 6.45) is 1.29. The number of carbonyl (C=O) groups is 1. The first-order valence-electron chi connectivity index (χ1n) is 6.86. The molecule has 21 heavy (non-hydrogen) atoms. The van der Waals surface area contributed by atoms with Gasteiger partial charge in [-0.15, -0.1) is 0 Å². The molecule has 0 aliphatic carbocycles. The van der Waals surface area contributed by atoms with E-state index in [1.54, 1.807) is 18.2 Å². The van der Waals surface area contributed by atoms with Crippen molar-refractivity contribution in [3.63, 3.8) is 0 Å². The van der Waals surface area contributed by atoms with Gasteiger partial charge < -0.3 is 15.5 Å². The van der Waals surface area contributed by atoms with E-state index in [-0.39, 0.29) is 29.9 Å². The van der Waals surface area contributed by atoms with Gasteiger partial charge in [-0.25, -0.2) is 0 Å². The van der Waals surface area contributed by atoms with Crippen LogP contribution in [-0.2, 0) is 0 Å². The van der Waals surface area contributed by atoms with E-state index in [0.29, 0.717) is 28.6 Å². The molecule has 0 saturated carbocycles. The molecule has 0 aliphatic rings. The smallest absolute Gasteiger partial charge is 0.255 e. The molecule has 0 aromatic heterocycles. The number of aliphatic hydroxyl groups excluding tert-OH is 1. The normalized spacial score (nSPS) is 12.3. The number of halogens is 1. The molecule has 2 aromatic carbocycles. The molecule has 1 amide bonds. The van der Waals surface area contributed by atoms with Gasteiger partial charge in [-0.2, -0.15) is 0 Å². The highest BCUT2D eigenvalue weighted by molar-refractivity contribution is 6.36. The topological polar surface area (TPSA) is 69.6 Å². The summed E-state index contributed by atoms with van der Waals surface area (Å²) in [7, 11) is 0. The van der Waals surface area contributed by atoms with Gasteiger partial charge >= 0.3 is 0 Å². The number of aromatic hydroxyl groups is 1. The Labute approximate surface area is 128 Å². The third-order valence-electron chi connectivity index (χ3n) is 3.38. The Morgan fingerprint density at radius 3 is 2.67 bits per heavy atom. The standard InChI is InChI=1S/C16H18ClNO3/c1-10(5-4-8-19)18-16(21)13-9-14(17)11-6-2-3-7-12(11)15(13)20/h2-3,6-7,9-10,19-20H,4-5,8H2,1H3,(H,18,21). The van der Waals surface area contributed by atoms with Gasteiger partial charge in [0, 0.05) is 28.4 Å². The van der Waals surface area contributed by atoms with Gasteiger partial charge in [0.25, 0.3) is 5.91 Å². The van der Waals surface area contributed by atoms with Crippen LogP contribution in [0.5, 0.6) is 5.75 Å². The zero-order valence-electron chi connectivity index (χ0n) is 11.8. The van der Waals surface area contributed by atoms with Crippen molar-refractivity contribution >= 4 is 28.3 Å². The molecule has 0 aliphatic heterocycles. The number of phenolic OH excluding ortho intramolecular Hbond substituents is 1. The zero-order chi connectivity index (χ0) is 15.4. The lowest BCUT2D eigenvalue weighted by molar-refractivity contribution is 0.0934. The van der Waals surface area contributed by atoms with Crippen molar-refractivity contribution in [1.82, 2.24) is 5.32 Å². The van der Waals surface area contributed by atoms with E-state index >= 15 is 0 Å². The highest BCUT2D eigenvalue weighted by Crippen LogP contribution is 2.34. The second kappa shape index (κ2) is 6.78. The summed E-state index contributed by atoms with van der Waals surface area (Å²) < 4.78 is 0. The third kappa shape index (κ3) is 3.46. The molecule has 0 saturated heterocycles. The summed E-state index contributed by atoms with van der Waals surface area (Å²) in [4.78, 5) is 12.2. The van der Waals surface area contributed by atoms with Crippen LogP contribution in [-0.4, -0.2) is 28.8 Å². The van der Waals surface area contributed by atoms with Crippen LogP contribution in [0.15, 0.2) is 30.3 Å². The lowest BCUT2D eigenvalue weighted by atomic mass is 10.0. The van der Waals surface area contributed by atoms with Crippen molar-refractivity contribution < 1.29 is 15.0 Å². The molecule has 0 heterocycles. The Balaban J connectivity index is 2.29. The minimum absolute atomic E-state index is 0.0677. The monoisotopic (exact) mass is 307 g/mol. The van der Waals surface area contributed by atoms with Gasteiger partial charge in [0.05, 0.1) is 5.56 Å².